The maximum atomic E-state index is 12.9. The zero-order valence-corrected chi connectivity index (χ0v) is 18.2. The lowest BCUT2D eigenvalue weighted by Gasteiger charge is -2.08. The van der Waals surface area contributed by atoms with E-state index < -0.39 is 0 Å². The Morgan fingerprint density at radius 3 is 2.62 bits per heavy atom. The largest absolute Gasteiger partial charge is 0.346 e. The van der Waals surface area contributed by atoms with Crippen molar-refractivity contribution in [1.82, 2.24) is 35.0 Å². The highest BCUT2D eigenvalue weighted by Gasteiger charge is 2.13. The van der Waals surface area contributed by atoms with Crippen LogP contribution in [0.3, 0.4) is 0 Å². The highest BCUT2D eigenvalue weighted by Crippen LogP contribution is 2.24. The second-order valence-electron chi connectivity index (χ2n) is 7.70. The molecule has 0 amide bonds. The van der Waals surface area contributed by atoms with E-state index in [-0.39, 0.29) is 5.69 Å². The van der Waals surface area contributed by atoms with Crippen LogP contribution < -0.4 is 5.69 Å². The molecule has 4 rings (SSSR count). The van der Waals surface area contributed by atoms with Gasteiger partial charge in [0.05, 0.1) is 6.54 Å². The Hall–Kier alpha value is -3.81. The van der Waals surface area contributed by atoms with Crippen LogP contribution in [0.4, 0.5) is 0 Å². The normalized spacial score (nSPS) is 11.0. The third-order valence-electron chi connectivity index (χ3n) is 5.39. The Morgan fingerprint density at radius 1 is 1.09 bits per heavy atom. The first-order valence-corrected chi connectivity index (χ1v) is 10.9. The maximum absolute atomic E-state index is 12.9. The van der Waals surface area contributed by atoms with Crippen LogP contribution in [0.25, 0.3) is 22.5 Å². The highest BCUT2D eigenvalue weighted by molar-refractivity contribution is 5.70. The lowest BCUT2D eigenvalue weighted by molar-refractivity contribution is 0.544. The van der Waals surface area contributed by atoms with Gasteiger partial charge in [-0.25, -0.2) is 9.48 Å². The summed E-state index contributed by atoms with van der Waals surface area (Å²) in [5.74, 6) is 1.37. The summed E-state index contributed by atoms with van der Waals surface area (Å²) in [5.41, 5.74) is 4.06. The molecule has 2 heterocycles. The van der Waals surface area contributed by atoms with Gasteiger partial charge in [-0.15, -0.1) is 16.8 Å². The Balaban J connectivity index is 1.56. The van der Waals surface area contributed by atoms with E-state index in [0.29, 0.717) is 25.3 Å². The third-order valence-corrected chi connectivity index (χ3v) is 5.39. The van der Waals surface area contributed by atoms with Crippen LogP contribution in [0.5, 0.6) is 0 Å². The van der Waals surface area contributed by atoms with E-state index in [1.165, 1.54) is 0 Å². The molecule has 0 aliphatic heterocycles. The summed E-state index contributed by atoms with van der Waals surface area (Å²) in [6.07, 6.45) is 5.32. The molecule has 0 unspecified atom stereocenters. The van der Waals surface area contributed by atoms with E-state index in [4.69, 9.17) is 0 Å². The van der Waals surface area contributed by atoms with Gasteiger partial charge in [0, 0.05) is 18.5 Å². The number of hydrogen-bond acceptors (Lipinski definition) is 5. The number of unbranched alkanes of at least 4 members (excludes halogenated alkanes) is 1. The topological polar surface area (TPSA) is 94.3 Å². The molecule has 164 valence electrons. The van der Waals surface area contributed by atoms with Gasteiger partial charge >= 0.3 is 5.69 Å². The fourth-order valence-corrected chi connectivity index (χ4v) is 3.62. The lowest BCUT2D eigenvalue weighted by Crippen LogP contribution is -2.26. The van der Waals surface area contributed by atoms with Gasteiger partial charge in [-0.2, -0.15) is 10.3 Å². The Bertz CT molecular complexity index is 1220. The van der Waals surface area contributed by atoms with Crippen LogP contribution in [-0.4, -0.2) is 35.0 Å². The van der Waals surface area contributed by atoms with Crippen molar-refractivity contribution in [2.45, 2.75) is 45.7 Å². The van der Waals surface area contributed by atoms with Gasteiger partial charge in [-0.05, 0) is 40.8 Å². The minimum atomic E-state index is -0.0469. The third kappa shape index (κ3) is 4.74. The van der Waals surface area contributed by atoms with E-state index in [9.17, 15) is 4.79 Å². The van der Waals surface area contributed by atoms with Crippen molar-refractivity contribution in [2.75, 3.05) is 0 Å². The summed E-state index contributed by atoms with van der Waals surface area (Å²) in [6, 6.07) is 16.3. The molecule has 0 bridgehead atoms. The van der Waals surface area contributed by atoms with Crippen LogP contribution in [0.15, 0.2) is 66.0 Å². The molecule has 2 aromatic heterocycles. The van der Waals surface area contributed by atoms with Crippen LogP contribution in [0.1, 0.15) is 37.6 Å². The van der Waals surface area contributed by atoms with E-state index in [1.54, 1.807) is 9.25 Å². The van der Waals surface area contributed by atoms with Crippen molar-refractivity contribution >= 4 is 0 Å². The summed E-state index contributed by atoms with van der Waals surface area (Å²) in [7, 11) is 0. The number of benzene rings is 2. The molecule has 0 saturated carbocycles. The first-order chi connectivity index (χ1) is 15.7. The zero-order chi connectivity index (χ0) is 22.3. The fraction of sp³-hybridized carbons (Fsp3) is 0.292. The minimum Gasteiger partial charge on any atom is -0.274 e. The van der Waals surface area contributed by atoms with Gasteiger partial charge in [-0.3, -0.25) is 4.57 Å². The molecule has 1 N–H and O–H groups in total. The molecule has 0 radical (unpaired) electrons. The number of hydrogen-bond donors (Lipinski definition) is 1. The highest BCUT2D eigenvalue weighted by atomic mass is 16.2. The van der Waals surface area contributed by atoms with Gasteiger partial charge in [-0.1, -0.05) is 61.9 Å². The molecular formula is C24H27N7O. The number of aryl methyl sites for hydroxylation is 2. The summed E-state index contributed by atoms with van der Waals surface area (Å²) >= 11 is 0. The van der Waals surface area contributed by atoms with Crippen molar-refractivity contribution in [3.8, 4) is 22.5 Å². The second kappa shape index (κ2) is 10.00. The SMILES string of the molecule is C=CCCc1nn(CCCC)c(=O)n1Cc1ccc(-c2cccc(-c3nn[nH]n3)c2)cc1. The summed E-state index contributed by atoms with van der Waals surface area (Å²) < 4.78 is 3.38. The van der Waals surface area contributed by atoms with Gasteiger partial charge in [0.1, 0.15) is 5.82 Å². The van der Waals surface area contributed by atoms with E-state index in [0.717, 1.165) is 47.3 Å². The number of H-pyrrole nitrogens is 1. The van der Waals surface area contributed by atoms with Crippen molar-refractivity contribution in [2.24, 2.45) is 0 Å². The molecule has 32 heavy (non-hydrogen) atoms. The van der Waals surface area contributed by atoms with Crippen LogP contribution in [0.2, 0.25) is 0 Å². The second-order valence-corrected chi connectivity index (χ2v) is 7.70. The fourth-order valence-electron chi connectivity index (χ4n) is 3.62. The summed E-state index contributed by atoms with van der Waals surface area (Å²) in [6.45, 7) is 7.06. The Labute approximate surface area is 186 Å². The average Bonchev–Trinajstić information content (AvgIpc) is 3.46. The molecule has 0 saturated heterocycles. The first-order valence-electron chi connectivity index (χ1n) is 10.9. The predicted octanol–water partition coefficient (Wildman–Crippen LogP) is 3.86. The molecule has 0 aliphatic carbocycles. The van der Waals surface area contributed by atoms with Crippen LogP contribution in [-0.2, 0) is 19.5 Å². The lowest BCUT2D eigenvalue weighted by atomic mass is 10.0. The summed E-state index contributed by atoms with van der Waals surface area (Å²) in [4.78, 5) is 12.9. The Kier molecular flexibility index (Phi) is 6.69. The number of aromatic amines is 1. The first kappa shape index (κ1) is 21.4. The molecule has 0 fully saturated rings. The number of allylic oxidation sites excluding steroid dienone is 1. The van der Waals surface area contributed by atoms with Crippen molar-refractivity contribution in [1.29, 1.82) is 0 Å². The molecule has 8 heteroatoms. The quantitative estimate of drug-likeness (QED) is 0.386. The van der Waals surface area contributed by atoms with Crippen LogP contribution in [0, 0.1) is 0 Å². The monoisotopic (exact) mass is 429 g/mol. The zero-order valence-electron chi connectivity index (χ0n) is 18.2. The van der Waals surface area contributed by atoms with E-state index in [1.807, 2.05) is 30.3 Å². The average molecular weight is 430 g/mol. The van der Waals surface area contributed by atoms with E-state index in [2.05, 4.69) is 63.5 Å². The predicted molar refractivity (Wildman–Crippen MR) is 124 cm³/mol. The van der Waals surface area contributed by atoms with Crippen molar-refractivity contribution in [3.63, 3.8) is 0 Å². The standard InChI is InChI=1S/C24H27N7O/c1-3-5-10-22-27-31(15-6-4-2)24(32)30(22)17-18-11-13-19(14-12-18)20-8-7-9-21(16-20)23-25-28-29-26-23/h3,7-9,11-14,16H,1,4-6,10,15,17H2,2H3,(H,25,26,28,29). The molecular weight excluding hydrogens is 402 g/mol. The Morgan fingerprint density at radius 2 is 1.91 bits per heavy atom. The summed E-state index contributed by atoms with van der Waals surface area (Å²) in [5, 5.41) is 18.8. The number of nitrogens with one attached hydrogen (secondary N) is 1. The minimum absolute atomic E-state index is 0.0469. The molecule has 2 aromatic carbocycles. The molecule has 0 aliphatic rings. The van der Waals surface area contributed by atoms with Crippen molar-refractivity contribution in [3.05, 3.63) is 83.1 Å². The maximum Gasteiger partial charge on any atom is 0.346 e. The number of tetrazole rings is 1. The van der Waals surface area contributed by atoms with Crippen molar-refractivity contribution < 1.29 is 0 Å². The number of rotatable bonds is 10. The number of aromatic nitrogens is 7. The van der Waals surface area contributed by atoms with Crippen LogP contribution >= 0.6 is 0 Å². The van der Waals surface area contributed by atoms with Gasteiger partial charge in [0.15, 0.2) is 0 Å². The van der Waals surface area contributed by atoms with E-state index >= 15 is 0 Å². The smallest absolute Gasteiger partial charge is 0.274 e. The molecule has 8 nitrogen and oxygen atoms in total. The molecule has 0 spiro atoms. The molecule has 4 aromatic rings. The van der Waals surface area contributed by atoms with Gasteiger partial charge in [0.2, 0.25) is 5.82 Å². The van der Waals surface area contributed by atoms with Gasteiger partial charge in [0.25, 0.3) is 0 Å². The molecule has 0 atom stereocenters. The number of nitrogens with zero attached hydrogens (tertiary/aromatic N) is 6. The van der Waals surface area contributed by atoms with Gasteiger partial charge < -0.3 is 0 Å².